The highest BCUT2D eigenvalue weighted by molar-refractivity contribution is 7.20. The Balaban J connectivity index is 1.72. The molecule has 6 nitrogen and oxygen atoms in total. The second-order valence-corrected chi connectivity index (χ2v) is 8.21. The van der Waals surface area contributed by atoms with Gasteiger partial charge in [0.2, 0.25) is 0 Å². The van der Waals surface area contributed by atoms with Gasteiger partial charge in [-0.05, 0) is 50.8 Å². The molecule has 1 aliphatic carbocycles. The van der Waals surface area contributed by atoms with E-state index >= 15 is 0 Å². The van der Waals surface area contributed by atoms with Gasteiger partial charge < -0.3 is 10.6 Å². The molecule has 2 N–H and O–H groups in total. The number of hydrogen-bond donors (Lipinski definition) is 2. The number of hydrogen-bond acceptors (Lipinski definition) is 5. The number of carbonyl (C=O) groups is 2. The van der Waals surface area contributed by atoms with Gasteiger partial charge in [0.25, 0.3) is 11.8 Å². The second-order valence-electron chi connectivity index (χ2n) is 7.21. The minimum Gasteiger partial charge on any atom is -0.355 e. The van der Waals surface area contributed by atoms with Crippen LogP contribution in [0.3, 0.4) is 0 Å². The van der Waals surface area contributed by atoms with Crippen molar-refractivity contribution < 1.29 is 9.59 Å². The number of aryl methyl sites for hydroxylation is 3. The molecule has 1 aromatic carbocycles. The quantitative estimate of drug-likeness (QED) is 0.698. The summed E-state index contributed by atoms with van der Waals surface area (Å²) in [6.07, 6.45) is 2.27. The standard InChI is InChI=1S/C21H22N4O2S/c1-10-6-5-7-14(15(10)19(26)22-4)24-20(27)17-11(2)16-12(3)23-18(13-8-9-13)25-21(16)28-17/h5-7,13H,8-9H2,1-4H3,(H,22,26)(H,24,27). The molecule has 2 amide bonds. The summed E-state index contributed by atoms with van der Waals surface area (Å²) >= 11 is 1.39. The van der Waals surface area contributed by atoms with Crippen molar-refractivity contribution >= 4 is 39.1 Å². The molecule has 1 fully saturated rings. The van der Waals surface area contributed by atoms with Crippen LogP contribution >= 0.6 is 11.3 Å². The predicted molar refractivity (Wildman–Crippen MR) is 111 cm³/mol. The average molecular weight is 395 g/mol. The zero-order valence-corrected chi connectivity index (χ0v) is 17.2. The molecule has 0 spiro atoms. The van der Waals surface area contributed by atoms with E-state index in [0.717, 1.165) is 45.7 Å². The Hall–Kier alpha value is -2.80. The summed E-state index contributed by atoms with van der Waals surface area (Å²) in [4.78, 5) is 36.1. The number of carbonyl (C=O) groups excluding carboxylic acids is 2. The Bertz CT molecular complexity index is 1120. The third-order valence-electron chi connectivity index (χ3n) is 5.11. The van der Waals surface area contributed by atoms with Crippen LogP contribution in [0, 0.1) is 20.8 Å². The van der Waals surface area contributed by atoms with E-state index in [9.17, 15) is 9.59 Å². The first-order valence-electron chi connectivity index (χ1n) is 9.31. The molecule has 0 atom stereocenters. The molecule has 1 saturated carbocycles. The molecule has 7 heteroatoms. The summed E-state index contributed by atoms with van der Waals surface area (Å²) in [6.45, 7) is 5.75. The van der Waals surface area contributed by atoms with Gasteiger partial charge in [-0.2, -0.15) is 0 Å². The topological polar surface area (TPSA) is 84.0 Å². The van der Waals surface area contributed by atoms with Gasteiger partial charge in [0.15, 0.2) is 0 Å². The van der Waals surface area contributed by atoms with Crippen LogP contribution in [0.5, 0.6) is 0 Å². The summed E-state index contributed by atoms with van der Waals surface area (Å²) in [7, 11) is 1.58. The van der Waals surface area contributed by atoms with Crippen LogP contribution in [0.25, 0.3) is 10.2 Å². The van der Waals surface area contributed by atoms with Gasteiger partial charge >= 0.3 is 0 Å². The SMILES string of the molecule is CNC(=O)c1c(C)cccc1NC(=O)c1sc2nc(C3CC3)nc(C)c2c1C. The third kappa shape index (κ3) is 3.16. The summed E-state index contributed by atoms with van der Waals surface area (Å²) in [6, 6.07) is 5.42. The molecule has 0 aliphatic heterocycles. The van der Waals surface area contributed by atoms with E-state index in [1.807, 2.05) is 32.9 Å². The van der Waals surface area contributed by atoms with Gasteiger partial charge in [-0.15, -0.1) is 11.3 Å². The Kier molecular flexibility index (Phi) is 4.63. The van der Waals surface area contributed by atoms with Gasteiger partial charge in [0.1, 0.15) is 10.7 Å². The van der Waals surface area contributed by atoms with E-state index < -0.39 is 0 Å². The summed E-state index contributed by atoms with van der Waals surface area (Å²) in [5.41, 5.74) is 3.58. The lowest BCUT2D eigenvalue weighted by atomic mass is 10.1. The average Bonchev–Trinajstić information content (AvgIpc) is 3.45. The summed E-state index contributed by atoms with van der Waals surface area (Å²) < 4.78 is 0. The lowest BCUT2D eigenvalue weighted by molar-refractivity contribution is 0.0963. The summed E-state index contributed by atoms with van der Waals surface area (Å²) in [5.74, 6) is 0.893. The van der Waals surface area contributed by atoms with Crippen molar-refractivity contribution in [2.75, 3.05) is 12.4 Å². The highest BCUT2D eigenvalue weighted by Crippen LogP contribution is 2.40. The van der Waals surface area contributed by atoms with Crippen molar-refractivity contribution in [1.29, 1.82) is 0 Å². The van der Waals surface area contributed by atoms with Gasteiger partial charge in [0, 0.05) is 18.4 Å². The van der Waals surface area contributed by atoms with E-state index in [2.05, 4.69) is 15.6 Å². The molecule has 4 rings (SSSR count). The first-order chi connectivity index (χ1) is 13.4. The van der Waals surface area contributed by atoms with Crippen molar-refractivity contribution in [3.63, 3.8) is 0 Å². The smallest absolute Gasteiger partial charge is 0.266 e. The molecule has 0 saturated heterocycles. The molecule has 3 aromatic rings. The molecule has 2 heterocycles. The van der Waals surface area contributed by atoms with Crippen LogP contribution in [0.4, 0.5) is 5.69 Å². The van der Waals surface area contributed by atoms with E-state index in [4.69, 9.17) is 4.98 Å². The summed E-state index contributed by atoms with van der Waals surface area (Å²) in [5, 5.41) is 6.50. The Morgan fingerprint density at radius 3 is 2.54 bits per heavy atom. The van der Waals surface area contributed by atoms with Crippen molar-refractivity contribution in [2.45, 2.75) is 39.5 Å². The van der Waals surface area contributed by atoms with Crippen molar-refractivity contribution in [3.05, 3.63) is 51.3 Å². The number of thiophene rings is 1. The van der Waals surface area contributed by atoms with E-state index in [1.54, 1.807) is 13.1 Å². The van der Waals surface area contributed by atoms with Crippen molar-refractivity contribution in [3.8, 4) is 0 Å². The first-order valence-corrected chi connectivity index (χ1v) is 10.1. The monoisotopic (exact) mass is 394 g/mol. The fourth-order valence-electron chi connectivity index (χ4n) is 3.48. The number of benzene rings is 1. The number of rotatable bonds is 4. The van der Waals surface area contributed by atoms with E-state index in [-0.39, 0.29) is 11.8 Å². The number of nitrogens with zero attached hydrogens (tertiary/aromatic N) is 2. The minimum absolute atomic E-state index is 0.225. The Morgan fingerprint density at radius 1 is 1.11 bits per heavy atom. The van der Waals surface area contributed by atoms with Gasteiger partial charge in [-0.25, -0.2) is 9.97 Å². The van der Waals surface area contributed by atoms with Crippen molar-refractivity contribution in [1.82, 2.24) is 15.3 Å². The van der Waals surface area contributed by atoms with Crippen LogP contribution in [0.2, 0.25) is 0 Å². The molecule has 0 unspecified atom stereocenters. The predicted octanol–water partition coefficient (Wildman–Crippen LogP) is 4.11. The molecule has 28 heavy (non-hydrogen) atoms. The fourth-order valence-corrected chi connectivity index (χ4v) is 4.61. The maximum absolute atomic E-state index is 13.0. The first kappa shape index (κ1) is 18.6. The van der Waals surface area contributed by atoms with Gasteiger partial charge in [0.05, 0.1) is 21.8 Å². The zero-order valence-electron chi connectivity index (χ0n) is 16.3. The normalized spacial score (nSPS) is 13.6. The van der Waals surface area contributed by atoms with Gasteiger partial charge in [-0.3, -0.25) is 9.59 Å². The molecule has 1 aliphatic rings. The van der Waals surface area contributed by atoms with Gasteiger partial charge in [-0.1, -0.05) is 12.1 Å². The number of anilines is 1. The largest absolute Gasteiger partial charge is 0.355 e. The maximum atomic E-state index is 13.0. The van der Waals surface area contributed by atoms with Crippen LogP contribution in [-0.4, -0.2) is 28.8 Å². The maximum Gasteiger partial charge on any atom is 0.266 e. The number of aromatic nitrogens is 2. The molecular formula is C21H22N4O2S. The molecule has 144 valence electrons. The molecule has 0 radical (unpaired) electrons. The van der Waals surface area contributed by atoms with Crippen LogP contribution in [-0.2, 0) is 0 Å². The Morgan fingerprint density at radius 2 is 1.86 bits per heavy atom. The lowest BCUT2D eigenvalue weighted by Gasteiger charge is -2.12. The molecule has 0 bridgehead atoms. The highest BCUT2D eigenvalue weighted by Gasteiger charge is 2.28. The Labute approximate surface area is 167 Å². The number of fused-ring (bicyclic) bond motifs is 1. The third-order valence-corrected chi connectivity index (χ3v) is 6.30. The highest BCUT2D eigenvalue weighted by atomic mass is 32.1. The fraction of sp³-hybridized carbons (Fsp3) is 0.333. The van der Waals surface area contributed by atoms with Crippen molar-refractivity contribution in [2.24, 2.45) is 0 Å². The van der Waals surface area contributed by atoms with E-state index in [0.29, 0.717) is 22.0 Å². The van der Waals surface area contributed by atoms with Crippen LogP contribution in [0.15, 0.2) is 18.2 Å². The van der Waals surface area contributed by atoms with Crippen LogP contribution in [0.1, 0.15) is 61.4 Å². The minimum atomic E-state index is -0.233. The molecular weight excluding hydrogens is 372 g/mol. The molecule has 2 aromatic heterocycles. The zero-order chi connectivity index (χ0) is 20.0. The number of amides is 2. The lowest BCUT2D eigenvalue weighted by Crippen LogP contribution is -2.22. The second kappa shape index (κ2) is 6.98. The van der Waals surface area contributed by atoms with Crippen LogP contribution < -0.4 is 10.6 Å². The number of nitrogens with one attached hydrogen (secondary N) is 2. The van der Waals surface area contributed by atoms with E-state index in [1.165, 1.54) is 11.3 Å².